The molecule has 41 heavy (non-hydrogen) atoms. The lowest BCUT2D eigenvalue weighted by Gasteiger charge is -2.21. The Kier molecular flexibility index (Phi) is 7.40. The molecular formula is C29H28FN5O6. The second-order valence-corrected chi connectivity index (χ2v) is 10.5. The van der Waals surface area contributed by atoms with Crippen LogP contribution in [0.2, 0.25) is 0 Å². The van der Waals surface area contributed by atoms with Crippen molar-refractivity contribution in [3.63, 3.8) is 0 Å². The van der Waals surface area contributed by atoms with E-state index in [-0.39, 0.29) is 30.3 Å². The van der Waals surface area contributed by atoms with Crippen molar-refractivity contribution in [2.75, 3.05) is 6.79 Å². The number of ketones is 1. The van der Waals surface area contributed by atoms with Crippen LogP contribution in [0.15, 0.2) is 63.9 Å². The number of hydrogen-bond acceptors (Lipinski definition) is 9. The Hall–Kier alpha value is -4.87. The number of hydrogen-bond donors (Lipinski definition) is 1. The lowest BCUT2D eigenvalue weighted by atomic mass is 9.84. The number of Topliss-reactive ketones (excluding diaryl/α,β-unsaturated/α-hetero) is 1. The van der Waals surface area contributed by atoms with Gasteiger partial charge in [-0.25, -0.2) is 9.37 Å². The van der Waals surface area contributed by atoms with E-state index in [4.69, 9.17) is 13.9 Å². The van der Waals surface area contributed by atoms with Gasteiger partial charge >= 0.3 is 0 Å². The van der Waals surface area contributed by atoms with E-state index in [0.29, 0.717) is 17.1 Å². The highest BCUT2D eigenvalue weighted by Crippen LogP contribution is 2.38. The Balaban J connectivity index is 1.34. The minimum Gasteiger partial charge on any atom is -0.454 e. The summed E-state index contributed by atoms with van der Waals surface area (Å²) >= 11 is 0. The molecule has 2 aromatic heterocycles. The second kappa shape index (κ2) is 11.0. The van der Waals surface area contributed by atoms with Crippen molar-refractivity contribution < 1.29 is 27.9 Å². The third kappa shape index (κ3) is 5.58. The van der Waals surface area contributed by atoms with E-state index in [1.807, 2.05) is 26.0 Å². The van der Waals surface area contributed by atoms with E-state index in [1.165, 1.54) is 36.5 Å². The molecule has 1 N–H and O–H groups in total. The van der Waals surface area contributed by atoms with Crippen molar-refractivity contribution in [2.45, 2.75) is 45.7 Å². The molecule has 1 aliphatic heterocycles. The molecule has 1 unspecified atom stereocenters. The molecule has 1 amide bonds. The van der Waals surface area contributed by atoms with Crippen LogP contribution in [0.25, 0.3) is 11.4 Å². The first-order valence-corrected chi connectivity index (χ1v) is 12.9. The Bertz CT molecular complexity index is 1660. The summed E-state index contributed by atoms with van der Waals surface area (Å²) < 4.78 is 31.2. The first-order valence-electron chi connectivity index (χ1n) is 12.9. The number of carbonyl (C=O) groups excluding carboxylic acids is 2. The number of nitrogens with one attached hydrogen (secondary N) is 1. The molecule has 0 bridgehead atoms. The zero-order chi connectivity index (χ0) is 29.3. The van der Waals surface area contributed by atoms with Gasteiger partial charge in [0.1, 0.15) is 18.2 Å². The highest BCUT2D eigenvalue weighted by atomic mass is 19.1. The monoisotopic (exact) mass is 561 g/mol. The fourth-order valence-corrected chi connectivity index (χ4v) is 4.43. The summed E-state index contributed by atoms with van der Waals surface area (Å²) in [7, 11) is 0. The average molecular weight is 562 g/mol. The Morgan fingerprint density at radius 2 is 1.78 bits per heavy atom. The van der Waals surface area contributed by atoms with Gasteiger partial charge in [0.15, 0.2) is 11.5 Å². The van der Waals surface area contributed by atoms with Crippen LogP contribution in [0.5, 0.6) is 11.5 Å². The molecule has 3 heterocycles. The van der Waals surface area contributed by atoms with Gasteiger partial charge in [-0.15, -0.1) is 10.2 Å². The number of fused-ring (bicyclic) bond motifs is 1. The smallest absolute Gasteiger partial charge is 0.286 e. The Morgan fingerprint density at radius 3 is 2.51 bits per heavy atom. The molecule has 212 valence electrons. The molecule has 1 atom stereocenters. The first kappa shape index (κ1) is 27.7. The van der Waals surface area contributed by atoms with Crippen LogP contribution in [0, 0.1) is 11.7 Å². The highest BCUT2D eigenvalue weighted by Gasteiger charge is 2.35. The van der Waals surface area contributed by atoms with Crippen molar-refractivity contribution >= 4 is 11.7 Å². The Morgan fingerprint density at radius 1 is 1.05 bits per heavy atom. The number of aromatic nitrogens is 4. The predicted molar refractivity (Wildman–Crippen MR) is 144 cm³/mol. The Labute approximate surface area is 234 Å². The van der Waals surface area contributed by atoms with Crippen molar-refractivity contribution in [1.29, 1.82) is 0 Å². The molecule has 2 aromatic carbocycles. The number of benzene rings is 2. The second-order valence-electron chi connectivity index (χ2n) is 10.5. The van der Waals surface area contributed by atoms with Crippen LogP contribution in [-0.2, 0) is 16.8 Å². The van der Waals surface area contributed by atoms with Crippen molar-refractivity contribution in [2.24, 2.45) is 5.92 Å². The minimum atomic E-state index is -1.01. The van der Waals surface area contributed by atoms with E-state index >= 15 is 0 Å². The lowest BCUT2D eigenvalue weighted by Crippen LogP contribution is -2.46. The number of nitrogens with zero attached hydrogens (tertiary/aromatic N) is 4. The fourth-order valence-electron chi connectivity index (χ4n) is 4.43. The molecular weight excluding hydrogens is 533 g/mol. The van der Waals surface area contributed by atoms with Crippen molar-refractivity contribution in [1.82, 2.24) is 25.1 Å². The van der Waals surface area contributed by atoms with Gasteiger partial charge in [-0.05, 0) is 61.7 Å². The van der Waals surface area contributed by atoms with Gasteiger partial charge in [-0.3, -0.25) is 19.0 Å². The number of amides is 1. The molecule has 0 saturated heterocycles. The average Bonchev–Trinajstić information content (AvgIpc) is 3.63. The van der Waals surface area contributed by atoms with Crippen LogP contribution in [-0.4, -0.2) is 44.3 Å². The summed E-state index contributed by atoms with van der Waals surface area (Å²) in [5, 5.41) is 10.8. The van der Waals surface area contributed by atoms with Crippen LogP contribution < -0.4 is 20.3 Å². The highest BCUT2D eigenvalue weighted by molar-refractivity contribution is 5.98. The molecule has 4 aromatic rings. The van der Waals surface area contributed by atoms with Gasteiger partial charge in [-0.1, -0.05) is 19.9 Å². The van der Waals surface area contributed by atoms with E-state index in [0.717, 1.165) is 10.1 Å². The standard InChI is InChI=1S/C29H28FN5O6/c1-16(2)24(32-22(36)14-35-23(37)11-12-31-26(35)17-5-8-19(30)9-6-17)25(38)27-33-34-28(41-27)29(3,4)18-7-10-20-21(13-18)40-15-39-20/h5-13,16,24H,14-15H2,1-4H3,(H,32,36). The van der Waals surface area contributed by atoms with Gasteiger partial charge in [0, 0.05) is 17.8 Å². The van der Waals surface area contributed by atoms with Gasteiger partial charge in [0.25, 0.3) is 11.4 Å². The maximum Gasteiger partial charge on any atom is 0.286 e. The first-order chi connectivity index (χ1) is 19.5. The summed E-state index contributed by atoms with van der Waals surface area (Å²) in [4.78, 5) is 43.3. The third-order valence-corrected chi connectivity index (χ3v) is 6.87. The van der Waals surface area contributed by atoms with Crippen LogP contribution in [0.3, 0.4) is 0 Å². The summed E-state index contributed by atoms with van der Waals surface area (Å²) in [6, 6.07) is 11.1. The normalized spacial score (nSPS) is 13.3. The van der Waals surface area contributed by atoms with Crippen molar-refractivity contribution in [3.05, 3.63) is 88.2 Å². The fraction of sp³-hybridized carbons (Fsp3) is 0.310. The molecule has 0 spiro atoms. The van der Waals surface area contributed by atoms with Gasteiger partial charge in [0.2, 0.25) is 24.4 Å². The molecule has 1 aliphatic rings. The van der Waals surface area contributed by atoms with Gasteiger partial charge in [0.05, 0.1) is 11.5 Å². The summed E-state index contributed by atoms with van der Waals surface area (Å²) in [5.74, 6) is -0.569. The molecule has 0 radical (unpaired) electrons. The van der Waals surface area contributed by atoms with Gasteiger partial charge in [-0.2, -0.15) is 0 Å². The molecule has 12 heteroatoms. The van der Waals surface area contributed by atoms with E-state index in [1.54, 1.807) is 19.9 Å². The lowest BCUT2D eigenvalue weighted by molar-refractivity contribution is -0.122. The van der Waals surface area contributed by atoms with Crippen LogP contribution in [0.4, 0.5) is 4.39 Å². The molecule has 0 aliphatic carbocycles. The SMILES string of the molecule is CC(C)C(NC(=O)Cn1c(-c2ccc(F)cc2)nccc1=O)C(=O)c1nnc(C(C)(C)c2ccc3c(c2)OCO3)o1. The molecule has 5 rings (SSSR count). The summed E-state index contributed by atoms with van der Waals surface area (Å²) in [5.41, 5.74) is 0.0319. The van der Waals surface area contributed by atoms with Crippen molar-refractivity contribution in [3.8, 4) is 22.9 Å². The number of ether oxygens (including phenoxy) is 2. The summed E-state index contributed by atoms with van der Waals surface area (Å²) in [6.07, 6.45) is 1.31. The number of halogens is 1. The maximum absolute atomic E-state index is 13.4. The van der Waals surface area contributed by atoms with E-state index in [2.05, 4.69) is 20.5 Å². The quantitative estimate of drug-likeness (QED) is 0.304. The summed E-state index contributed by atoms with van der Waals surface area (Å²) in [6.45, 7) is 7.00. The zero-order valence-corrected chi connectivity index (χ0v) is 22.9. The number of rotatable bonds is 9. The molecule has 0 fully saturated rings. The maximum atomic E-state index is 13.4. The largest absolute Gasteiger partial charge is 0.454 e. The van der Waals surface area contributed by atoms with Crippen LogP contribution >= 0.6 is 0 Å². The van der Waals surface area contributed by atoms with Crippen LogP contribution in [0.1, 0.15) is 49.8 Å². The topological polar surface area (TPSA) is 138 Å². The minimum absolute atomic E-state index is 0.143. The van der Waals surface area contributed by atoms with E-state index < -0.39 is 41.1 Å². The number of carbonyl (C=O) groups is 2. The molecule has 11 nitrogen and oxygen atoms in total. The van der Waals surface area contributed by atoms with E-state index in [9.17, 15) is 18.8 Å². The predicted octanol–water partition coefficient (Wildman–Crippen LogP) is 3.51. The third-order valence-electron chi connectivity index (χ3n) is 6.87. The zero-order valence-electron chi connectivity index (χ0n) is 22.9. The van der Waals surface area contributed by atoms with Gasteiger partial charge < -0.3 is 19.2 Å². The molecule has 0 saturated carbocycles.